The number of likely N-dealkylation sites (N-methyl/N-ethyl adjacent to an activating group) is 2. The maximum Gasteiger partial charge on any atom is 0.0106 e. The SMILES string of the molecule is Br.Br.Br.Br.CN(CCCN)CCN(C)CCCN. The maximum atomic E-state index is 5.45. The topological polar surface area (TPSA) is 58.5 Å². The molecule has 0 aromatic carbocycles. The molecule has 0 aliphatic heterocycles. The minimum atomic E-state index is 0. The zero-order valence-electron chi connectivity index (χ0n) is 11.3. The molecule has 0 fully saturated rings. The van der Waals surface area contributed by atoms with Crippen LogP contribution in [0.1, 0.15) is 12.8 Å². The van der Waals surface area contributed by atoms with E-state index in [-0.39, 0.29) is 67.9 Å². The normalized spacial score (nSPS) is 9.00. The van der Waals surface area contributed by atoms with E-state index in [9.17, 15) is 0 Å². The van der Waals surface area contributed by atoms with Crippen LogP contribution in [-0.4, -0.2) is 63.2 Å². The van der Waals surface area contributed by atoms with Crippen molar-refractivity contribution in [2.45, 2.75) is 12.8 Å². The third-order valence-corrected chi connectivity index (χ3v) is 2.35. The number of rotatable bonds is 9. The van der Waals surface area contributed by atoms with E-state index in [0.29, 0.717) is 0 Å². The van der Waals surface area contributed by atoms with E-state index in [1.165, 1.54) is 0 Å². The average Bonchev–Trinajstić information content (AvgIpc) is 2.20. The average molecular weight is 526 g/mol. The molecule has 0 saturated carbocycles. The number of nitrogens with two attached hydrogens (primary N) is 2. The summed E-state index contributed by atoms with van der Waals surface area (Å²) in [5.41, 5.74) is 10.9. The van der Waals surface area contributed by atoms with Crippen LogP contribution in [0.5, 0.6) is 0 Å². The van der Waals surface area contributed by atoms with E-state index in [2.05, 4.69) is 23.9 Å². The Hall–Kier alpha value is 1.76. The van der Waals surface area contributed by atoms with Gasteiger partial charge in [0.2, 0.25) is 0 Å². The van der Waals surface area contributed by atoms with Crippen molar-refractivity contribution in [3.8, 4) is 0 Å². The molecule has 0 aromatic rings. The van der Waals surface area contributed by atoms with Crippen LogP contribution in [0.4, 0.5) is 0 Å². The molecule has 0 amide bonds. The van der Waals surface area contributed by atoms with E-state index < -0.39 is 0 Å². The number of hydrogen-bond donors (Lipinski definition) is 2. The van der Waals surface area contributed by atoms with Crippen molar-refractivity contribution in [1.82, 2.24) is 9.80 Å². The Morgan fingerprint density at radius 3 is 1.11 bits per heavy atom. The zero-order valence-corrected chi connectivity index (χ0v) is 18.2. The molecule has 0 aliphatic carbocycles. The van der Waals surface area contributed by atoms with E-state index in [1.807, 2.05) is 0 Å². The molecule has 118 valence electrons. The van der Waals surface area contributed by atoms with Gasteiger partial charge in [-0.2, -0.15) is 0 Å². The lowest BCUT2D eigenvalue weighted by Crippen LogP contribution is -2.33. The van der Waals surface area contributed by atoms with Gasteiger partial charge in [0.25, 0.3) is 0 Å². The molecule has 8 heteroatoms. The molecule has 0 heterocycles. The Balaban J connectivity index is -0.000000141. The van der Waals surface area contributed by atoms with Crippen LogP contribution in [0.25, 0.3) is 0 Å². The van der Waals surface area contributed by atoms with E-state index in [1.54, 1.807) is 0 Å². The second-order valence-electron chi connectivity index (χ2n) is 3.89. The Kier molecular flexibility index (Phi) is 42.2. The lowest BCUT2D eigenvalue weighted by atomic mass is 10.3. The van der Waals surface area contributed by atoms with Gasteiger partial charge in [0.1, 0.15) is 0 Å². The highest BCUT2D eigenvalue weighted by Gasteiger charge is 2.00. The molecule has 18 heavy (non-hydrogen) atoms. The van der Waals surface area contributed by atoms with Crippen molar-refractivity contribution in [2.75, 3.05) is 53.4 Å². The second kappa shape index (κ2) is 23.8. The van der Waals surface area contributed by atoms with Crippen molar-refractivity contribution < 1.29 is 0 Å². The number of nitrogens with zero attached hydrogens (tertiary/aromatic N) is 2. The Bertz CT molecular complexity index is 118. The van der Waals surface area contributed by atoms with Crippen LogP contribution in [-0.2, 0) is 0 Å². The van der Waals surface area contributed by atoms with Gasteiger partial charge in [-0.3, -0.25) is 0 Å². The largest absolute Gasteiger partial charge is 0.330 e. The van der Waals surface area contributed by atoms with Gasteiger partial charge in [0.15, 0.2) is 0 Å². The fraction of sp³-hybridized carbons (Fsp3) is 1.00. The van der Waals surface area contributed by atoms with Crippen LogP contribution in [0.3, 0.4) is 0 Å². The second-order valence-corrected chi connectivity index (χ2v) is 3.89. The van der Waals surface area contributed by atoms with Crippen molar-refractivity contribution in [2.24, 2.45) is 11.5 Å². The molecule has 0 atom stereocenters. The Labute approximate surface area is 154 Å². The van der Waals surface area contributed by atoms with Crippen molar-refractivity contribution >= 4 is 67.9 Å². The first-order valence-electron chi connectivity index (χ1n) is 5.48. The highest BCUT2D eigenvalue weighted by molar-refractivity contribution is 8.93. The van der Waals surface area contributed by atoms with Gasteiger partial charge < -0.3 is 21.3 Å². The van der Waals surface area contributed by atoms with Gasteiger partial charge in [-0.25, -0.2) is 0 Å². The zero-order chi connectivity index (χ0) is 10.8. The van der Waals surface area contributed by atoms with Crippen molar-refractivity contribution in [1.29, 1.82) is 0 Å². The predicted molar refractivity (Wildman–Crippen MR) is 104 cm³/mol. The quantitative estimate of drug-likeness (QED) is 0.482. The summed E-state index contributed by atoms with van der Waals surface area (Å²) in [4.78, 5) is 4.65. The van der Waals surface area contributed by atoms with Crippen LogP contribution in [0.15, 0.2) is 0 Å². The molecular weight excluding hydrogens is 496 g/mol. The summed E-state index contributed by atoms with van der Waals surface area (Å²) < 4.78 is 0. The first-order valence-corrected chi connectivity index (χ1v) is 5.48. The lowest BCUT2D eigenvalue weighted by molar-refractivity contribution is 0.254. The summed E-state index contributed by atoms with van der Waals surface area (Å²) in [6.07, 6.45) is 2.17. The van der Waals surface area contributed by atoms with Crippen molar-refractivity contribution in [3.05, 3.63) is 0 Å². The molecule has 0 bridgehead atoms. The summed E-state index contributed by atoms with van der Waals surface area (Å²) in [5, 5.41) is 0. The highest BCUT2D eigenvalue weighted by atomic mass is 79.9. The first-order chi connectivity index (χ1) is 6.70. The van der Waals surface area contributed by atoms with Crippen LogP contribution in [0.2, 0.25) is 0 Å². The minimum absolute atomic E-state index is 0. The predicted octanol–water partition coefficient (Wildman–Crippen LogP) is 1.86. The molecule has 0 radical (unpaired) electrons. The summed E-state index contributed by atoms with van der Waals surface area (Å²) in [6.45, 7) is 5.99. The molecule has 0 spiro atoms. The molecule has 0 aliphatic rings. The van der Waals surface area contributed by atoms with Gasteiger partial charge in [-0.15, -0.1) is 67.9 Å². The summed E-state index contributed by atoms with van der Waals surface area (Å²) in [5.74, 6) is 0. The lowest BCUT2D eigenvalue weighted by Gasteiger charge is -2.21. The smallest absolute Gasteiger partial charge is 0.0106 e. The molecule has 0 rings (SSSR count). The molecule has 0 unspecified atom stereocenters. The molecular formula is C10H30Br4N4. The van der Waals surface area contributed by atoms with Gasteiger partial charge in [-0.1, -0.05) is 0 Å². The fourth-order valence-electron chi connectivity index (χ4n) is 1.29. The third kappa shape index (κ3) is 22.9. The fourth-order valence-corrected chi connectivity index (χ4v) is 1.29. The van der Waals surface area contributed by atoms with Gasteiger partial charge >= 0.3 is 0 Å². The van der Waals surface area contributed by atoms with E-state index >= 15 is 0 Å². The Morgan fingerprint density at radius 1 is 0.611 bits per heavy atom. The van der Waals surface area contributed by atoms with E-state index in [4.69, 9.17) is 11.5 Å². The third-order valence-electron chi connectivity index (χ3n) is 2.35. The number of hydrogen-bond acceptors (Lipinski definition) is 4. The van der Waals surface area contributed by atoms with Crippen LogP contribution in [0, 0.1) is 0 Å². The molecule has 0 saturated heterocycles. The summed E-state index contributed by atoms with van der Waals surface area (Å²) in [6, 6.07) is 0. The molecule has 4 N–H and O–H groups in total. The van der Waals surface area contributed by atoms with Crippen LogP contribution < -0.4 is 11.5 Å². The molecule has 4 nitrogen and oxygen atoms in total. The van der Waals surface area contributed by atoms with Gasteiger partial charge in [0, 0.05) is 13.1 Å². The summed E-state index contributed by atoms with van der Waals surface area (Å²) in [7, 11) is 4.29. The van der Waals surface area contributed by atoms with Gasteiger partial charge in [0.05, 0.1) is 0 Å². The number of halogens is 4. The highest BCUT2D eigenvalue weighted by Crippen LogP contribution is 1.90. The van der Waals surface area contributed by atoms with E-state index in [0.717, 1.165) is 52.1 Å². The first kappa shape index (κ1) is 31.9. The molecule has 0 aromatic heterocycles. The monoisotopic (exact) mass is 522 g/mol. The minimum Gasteiger partial charge on any atom is -0.330 e. The standard InChI is InChI=1S/C10H26N4.4BrH/c1-13(7-3-5-11)9-10-14(2)8-4-6-12;;;;/h3-12H2,1-2H3;4*1H. The summed E-state index contributed by atoms with van der Waals surface area (Å²) >= 11 is 0. The van der Waals surface area contributed by atoms with Crippen LogP contribution >= 0.6 is 67.9 Å². The Morgan fingerprint density at radius 2 is 0.889 bits per heavy atom. The van der Waals surface area contributed by atoms with Gasteiger partial charge in [-0.05, 0) is 53.1 Å². The maximum absolute atomic E-state index is 5.45. The van der Waals surface area contributed by atoms with Crippen molar-refractivity contribution in [3.63, 3.8) is 0 Å².